The molecule has 1 unspecified atom stereocenters. The summed E-state index contributed by atoms with van der Waals surface area (Å²) in [7, 11) is 0. The summed E-state index contributed by atoms with van der Waals surface area (Å²) in [5, 5.41) is 6.02. The van der Waals surface area contributed by atoms with Gasteiger partial charge in [-0.25, -0.2) is 9.78 Å². The number of aromatic nitrogens is 2. The van der Waals surface area contributed by atoms with Crippen LogP contribution in [0.15, 0.2) is 42.7 Å². The third kappa shape index (κ3) is 5.69. The molecule has 2 fully saturated rings. The van der Waals surface area contributed by atoms with Gasteiger partial charge < -0.3 is 24.4 Å². The Balaban J connectivity index is 1.10. The number of piperidine rings is 2. The molecule has 3 aliphatic rings. The highest BCUT2D eigenvalue weighted by atomic mass is 16.6. The van der Waals surface area contributed by atoms with E-state index in [9.17, 15) is 24.0 Å². The normalized spacial score (nSPS) is 19.4. The monoisotopic (exact) mass is 586 g/mol. The lowest BCUT2D eigenvalue weighted by molar-refractivity contribution is -0.136. The Morgan fingerprint density at radius 2 is 1.81 bits per heavy atom. The van der Waals surface area contributed by atoms with Crippen molar-refractivity contribution >= 4 is 46.4 Å². The van der Waals surface area contributed by atoms with Gasteiger partial charge in [0.1, 0.15) is 17.3 Å². The van der Waals surface area contributed by atoms with Crippen LogP contribution in [-0.4, -0.2) is 73.8 Å². The Kier molecular flexibility index (Phi) is 7.15. The van der Waals surface area contributed by atoms with E-state index in [4.69, 9.17) is 4.74 Å². The van der Waals surface area contributed by atoms with E-state index in [-0.39, 0.29) is 49.2 Å². The molecule has 0 spiro atoms. The zero-order valence-electron chi connectivity index (χ0n) is 24.4. The molecule has 1 atom stereocenters. The van der Waals surface area contributed by atoms with E-state index in [0.717, 1.165) is 23.9 Å². The van der Waals surface area contributed by atoms with Gasteiger partial charge in [-0.2, -0.15) is 0 Å². The number of amides is 5. The summed E-state index contributed by atoms with van der Waals surface area (Å²) in [6.07, 6.45) is 5.25. The molecule has 2 N–H and O–H groups in total. The number of hydrogen-bond donors (Lipinski definition) is 2. The fourth-order valence-electron chi connectivity index (χ4n) is 5.97. The molecule has 12 nitrogen and oxygen atoms in total. The maximum atomic E-state index is 13.1. The quantitative estimate of drug-likeness (QED) is 0.445. The third-order valence-corrected chi connectivity index (χ3v) is 8.11. The first-order valence-electron chi connectivity index (χ1n) is 14.5. The molecule has 0 aliphatic carbocycles. The molecular weight excluding hydrogens is 552 g/mol. The first kappa shape index (κ1) is 28.4. The van der Waals surface area contributed by atoms with Crippen LogP contribution in [0, 0.1) is 0 Å². The van der Waals surface area contributed by atoms with Crippen LogP contribution in [0.5, 0.6) is 0 Å². The summed E-state index contributed by atoms with van der Waals surface area (Å²) in [4.78, 5) is 70.2. The molecule has 0 radical (unpaired) electrons. The van der Waals surface area contributed by atoms with Crippen molar-refractivity contribution in [2.45, 2.75) is 70.7 Å². The zero-order chi connectivity index (χ0) is 30.5. The Morgan fingerprint density at radius 3 is 2.53 bits per heavy atom. The Labute approximate surface area is 248 Å². The second kappa shape index (κ2) is 10.8. The number of rotatable bonds is 4. The number of imide groups is 1. The minimum absolute atomic E-state index is 0.178. The number of hydrogen-bond acceptors (Lipinski definition) is 7. The van der Waals surface area contributed by atoms with Gasteiger partial charge in [0.05, 0.1) is 5.56 Å². The number of benzene rings is 1. The van der Waals surface area contributed by atoms with Crippen LogP contribution in [0.4, 0.5) is 10.5 Å². The SMILES string of the molecule is CC(C)(C)OC(=O)N1CCC(n2ccc3cc(C(=O)Nc4ccc5c(c4)CN(C4CCC(=O)NC4=O)C5=O)cnc32)CC1. The molecule has 3 aliphatic heterocycles. The number of anilines is 1. The minimum Gasteiger partial charge on any atom is -0.444 e. The van der Waals surface area contributed by atoms with E-state index in [1.807, 2.05) is 33.0 Å². The number of fused-ring (bicyclic) bond motifs is 2. The molecule has 224 valence electrons. The number of nitrogens with one attached hydrogen (secondary N) is 2. The molecule has 3 aromatic rings. The lowest BCUT2D eigenvalue weighted by atomic mass is 10.0. The first-order valence-corrected chi connectivity index (χ1v) is 14.5. The highest BCUT2D eigenvalue weighted by molar-refractivity contribution is 6.07. The Morgan fingerprint density at radius 1 is 1.05 bits per heavy atom. The summed E-state index contributed by atoms with van der Waals surface area (Å²) < 4.78 is 7.61. The van der Waals surface area contributed by atoms with Gasteiger partial charge in [-0.05, 0) is 75.9 Å². The molecule has 12 heteroatoms. The van der Waals surface area contributed by atoms with Gasteiger partial charge >= 0.3 is 6.09 Å². The van der Waals surface area contributed by atoms with Crippen LogP contribution in [0.2, 0.25) is 0 Å². The van der Waals surface area contributed by atoms with Crippen molar-refractivity contribution < 1.29 is 28.7 Å². The van der Waals surface area contributed by atoms with E-state index >= 15 is 0 Å². The van der Waals surface area contributed by atoms with Gasteiger partial charge in [-0.15, -0.1) is 0 Å². The summed E-state index contributed by atoms with van der Waals surface area (Å²) in [5.74, 6) is -1.40. The van der Waals surface area contributed by atoms with Crippen molar-refractivity contribution in [3.05, 3.63) is 59.4 Å². The fraction of sp³-hybridized carbons (Fsp3) is 0.419. The van der Waals surface area contributed by atoms with Crippen molar-refractivity contribution in [1.82, 2.24) is 24.7 Å². The number of carbonyl (C=O) groups is 5. The van der Waals surface area contributed by atoms with Crippen molar-refractivity contribution in [2.24, 2.45) is 0 Å². The van der Waals surface area contributed by atoms with Crippen LogP contribution < -0.4 is 10.6 Å². The summed E-state index contributed by atoms with van der Waals surface area (Å²) in [5.41, 5.74) is 2.34. The van der Waals surface area contributed by atoms with Crippen LogP contribution in [0.1, 0.15) is 78.8 Å². The van der Waals surface area contributed by atoms with Crippen molar-refractivity contribution in [3.8, 4) is 0 Å². The predicted octanol–water partition coefficient (Wildman–Crippen LogP) is 3.62. The average molecular weight is 587 g/mol. The number of pyridine rings is 1. The minimum atomic E-state index is -0.696. The van der Waals surface area contributed by atoms with E-state index in [0.29, 0.717) is 35.5 Å². The molecule has 0 bridgehead atoms. The van der Waals surface area contributed by atoms with Crippen LogP contribution in [0.3, 0.4) is 0 Å². The zero-order valence-corrected chi connectivity index (χ0v) is 24.4. The first-order chi connectivity index (χ1) is 20.5. The average Bonchev–Trinajstić information content (AvgIpc) is 3.52. The largest absolute Gasteiger partial charge is 0.444 e. The molecule has 6 rings (SSSR count). The maximum Gasteiger partial charge on any atom is 0.410 e. The molecule has 2 aromatic heterocycles. The van der Waals surface area contributed by atoms with E-state index in [2.05, 4.69) is 20.2 Å². The lowest BCUT2D eigenvalue weighted by Gasteiger charge is -2.34. The van der Waals surface area contributed by atoms with E-state index in [1.54, 1.807) is 35.4 Å². The van der Waals surface area contributed by atoms with Crippen LogP contribution >= 0.6 is 0 Å². The fourth-order valence-corrected chi connectivity index (χ4v) is 5.97. The highest BCUT2D eigenvalue weighted by Crippen LogP contribution is 2.31. The van der Waals surface area contributed by atoms with Crippen molar-refractivity contribution in [1.29, 1.82) is 0 Å². The van der Waals surface area contributed by atoms with Gasteiger partial charge in [-0.3, -0.25) is 24.5 Å². The number of nitrogens with zero attached hydrogens (tertiary/aromatic N) is 4. The predicted molar refractivity (Wildman–Crippen MR) is 156 cm³/mol. The molecule has 5 heterocycles. The van der Waals surface area contributed by atoms with Gasteiger partial charge in [0.15, 0.2) is 0 Å². The second-order valence-corrected chi connectivity index (χ2v) is 12.3. The van der Waals surface area contributed by atoms with E-state index in [1.165, 1.54) is 4.90 Å². The Bertz CT molecular complexity index is 1650. The standard InChI is InChI=1S/C31H34N6O6/c1-31(2,3)43-30(42)35-11-9-22(10-12-35)36-13-8-18-14-19(16-32-26(18)36)27(39)33-21-4-5-23-20(15-21)17-37(29(23)41)24-6-7-25(38)34-28(24)40/h4-5,8,13-16,22,24H,6-7,9-12,17H2,1-3H3,(H,33,39)(H,34,38,40). The van der Waals surface area contributed by atoms with Crippen molar-refractivity contribution in [3.63, 3.8) is 0 Å². The van der Waals surface area contributed by atoms with Gasteiger partial charge in [-0.1, -0.05) is 0 Å². The molecule has 43 heavy (non-hydrogen) atoms. The summed E-state index contributed by atoms with van der Waals surface area (Å²) in [6.45, 7) is 6.99. The highest BCUT2D eigenvalue weighted by Gasteiger charge is 2.39. The topological polar surface area (TPSA) is 143 Å². The smallest absolute Gasteiger partial charge is 0.410 e. The molecule has 1 aromatic carbocycles. The van der Waals surface area contributed by atoms with E-state index < -0.39 is 17.6 Å². The van der Waals surface area contributed by atoms with Gasteiger partial charge in [0.2, 0.25) is 11.8 Å². The number of carbonyl (C=O) groups excluding carboxylic acids is 5. The molecular formula is C31H34N6O6. The molecule has 0 saturated carbocycles. The third-order valence-electron chi connectivity index (χ3n) is 8.11. The van der Waals surface area contributed by atoms with Crippen LogP contribution in [-0.2, 0) is 20.9 Å². The van der Waals surface area contributed by atoms with Crippen LogP contribution in [0.25, 0.3) is 11.0 Å². The van der Waals surface area contributed by atoms with Gasteiger partial charge in [0, 0.05) is 61.1 Å². The second-order valence-electron chi connectivity index (χ2n) is 12.3. The number of ether oxygens (including phenoxy) is 1. The van der Waals surface area contributed by atoms with Gasteiger partial charge in [0.25, 0.3) is 11.8 Å². The molecule has 5 amide bonds. The summed E-state index contributed by atoms with van der Waals surface area (Å²) in [6, 6.07) is 8.26. The molecule has 2 saturated heterocycles. The number of likely N-dealkylation sites (tertiary alicyclic amines) is 1. The van der Waals surface area contributed by atoms with Crippen molar-refractivity contribution in [2.75, 3.05) is 18.4 Å². The maximum absolute atomic E-state index is 13.1. The Hall–Kier alpha value is -4.74. The summed E-state index contributed by atoms with van der Waals surface area (Å²) >= 11 is 0. The lowest BCUT2D eigenvalue weighted by Crippen LogP contribution is -2.52.